The van der Waals surface area contributed by atoms with Crippen molar-refractivity contribution in [3.63, 3.8) is 0 Å². The van der Waals surface area contributed by atoms with Crippen molar-refractivity contribution in [1.82, 2.24) is 0 Å². The molecule has 0 heterocycles. The fourth-order valence-corrected chi connectivity index (χ4v) is 1.25. The SMILES string of the molecule is CC[NH2+][C@H](C)c1ccccc1. The highest BCUT2D eigenvalue weighted by atomic mass is 14.9. The minimum atomic E-state index is 0.598. The minimum Gasteiger partial charge on any atom is -0.341 e. The van der Waals surface area contributed by atoms with E-state index in [1.165, 1.54) is 5.56 Å². The lowest BCUT2D eigenvalue weighted by atomic mass is 10.1. The van der Waals surface area contributed by atoms with Crippen molar-refractivity contribution >= 4 is 0 Å². The summed E-state index contributed by atoms with van der Waals surface area (Å²) >= 11 is 0. The third-order valence-corrected chi connectivity index (χ3v) is 1.91. The lowest BCUT2D eigenvalue weighted by molar-refractivity contribution is -0.689. The summed E-state index contributed by atoms with van der Waals surface area (Å²) in [4.78, 5) is 0. The molecule has 1 rings (SSSR count). The predicted molar refractivity (Wildman–Crippen MR) is 47.3 cm³/mol. The van der Waals surface area contributed by atoms with Gasteiger partial charge in [0, 0.05) is 5.56 Å². The molecule has 2 N–H and O–H groups in total. The molecule has 0 aliphatic rings. The Hall–Kier alpha value is -0.820. The van der Waals surface area contributed by atoms with E-state index in [1.807, 2.05) is 0 Å². The summed E-state index contributed by atoms with van der Waals surface area (Å²) in [6.07, 6.45) is 0. The highest BCUT2D eigenvalue weighted by molar-refractivity contribution is 5.16. The van der Waals surface area contributed by atoms with Crippen LogP contribution in [0.2, 0.25) is 0 Å². The second-order valence-electron chi connectivity index (χ2n) is 2.84. The number of rotatable bonds is 3. The Balaban J connectivity index is 2.61. The quantitative estimate of drug-likeness (QED) is 0.669. The molecule has 0 unspecified atom stereocenters. The Kier molecular flexibility index (Phi) is 3.12. The van der Waals surface area contributed by atoms with Gasteiger partial charge in [0.2, 0.25) is 0 Å². The fourth-order valence-electron chi connectivity index (χ4n) is 1.25. The molecular weight excluding hydrogens is 134 g/mol. The fraction of sp³-hybridized carbons (Fsp3) is 0.400. The highest BCUT2D eigenvalue weighted by Crippen LogP contribution is 2.05. The van der Waals surface area contributed by atoms with Crippen molar-refractivity contribution in [2.24, 2.45) is 0 Å². The molecule has 0 aromatic heterocycles. The molecule has 0 bridgehead atoms. The van der Waals surface area contributed by atoms with Gasteiger partial charge in [-0.25, -0.2) is 0 Å². The first-order chi connectivity index (χ1) is 5.34. The van der Waals surface area contributed by atoms with Crippen molar-refractivity contribution in [2.45, 2.75) is 19.9 Å². The van der Waals surface area contributed by atoms with E-state index >= 15 is 0 Å². The van der Waals surface area contributed by atoms with Gasteiger partial charge >= 0.3 is 0 Å². The van der Waals surface area contributed by atoms with Crippen LogP contribution >= 0.6 is 0 Å². The van der Waals surface area contributed by atoms with Gasteiger partial charge < -0.3 is 5.32 Å². The van der Waals surface area contributed by atoms with Crippen LogP contribution in [-0.4, -0.2) is 6.54 Å². The number of nitrogens with two attached hydrogens (primary N) is 1. The summed E-state index contributed by atoms with van der Waals surface area (Å²) in [6.45, 7) is 5.56. The van der Waals surface area contributed by atoms with E-state index in [0.29, 0.717) is 6.04 Å². The first-order valence-corrected chi connectivity index (χ1v) is 4.23. The first kappa shape index (κ1) is 8.28. The molecule has 1 atom stereocenters. The van der Waals surface area contributed by atoms with E-state index in [1.54, 1.807) is 0 Å². The molecule has 0 spiro atoms. The molecular formula is C10H16N+. The Morgan fingerprint density at radius 2 is 1.91 bits per heavy atom. The van der Waals surface area contributed by atoms with E-state index < -0.39 is 0 Å². The zero-order valence-electron chi connectivity index (χ0n) is 7.25. The molecule has 0 aliphatic heterocycles. The summed E-state index contributed by atoms with van der Waals surface area (Å²) in [5, 5.41) is 2.33. The Morgan fingerprint density at radius 3 is 2.45 bits per heavy atom. The zero-order valence-corrected chi connectivity index (χ0v) is 7.25. The summed E-state index contributed by atoms with van der Waals surface area (Å²) in [6, 6.07) is 11.2. The van der Waals surface area contributed by atoms with Gasteiger partial charge in [0.1, 0.15) is 6.04 Å². The van der Waals surface area contributed by atoms with Crippen LogP contribution in [0.15, 0.2) is 30.3 Å². The average Bonchev–Trinajstić information content (AvgIpc) is 2.07. The largest absolute Gasteiger partial charge is 0.341 e. The summed E-state index contributed by atoms with van der Waals surface area (Å²) in [5.41, 5.74) is 1.41. The monoisotopic (exact) mass is 150 g/mol. The lowest BCUT2D eigenvalue weighted by Crippen LogP contribution is -2.84. The summed E-state index contributed by atoms with van der Waals surface area (Å²) in [5.74, 6) is 0. The molecule has 0 amide bonds. The molecule has 1 heteroatoms. The number of hydrogen-bond donors (Lipinski definition) is 1. The van der Waals surface area contributed by atoms with Gasteiger partial charge in [0.15, 0.2) is 0 Å². The topological polar surface area (TPSA) is 16.6 Å². The van der Waals surface area contributed by atoms with Crippen LogP contribution in [0.1, 0.15) is 25.5 Å². The van der Waals surface area contributed by atoms with Crippen LogP contribution in [0.3, 0.4) is 0 Å². The first-order valence-electron chi connectivity index (χ1n) is 4.23. The predicted octanol–water partition coefficient (Wildman–Crippen LogP) is 1.33. The molecule has 0 fully saturated rings. The normalized spacial score (nSPS) is 12.9. The van der Waals surface area contributed by atoms with Crippen molar-refractivity contribution in [1.29, 1.82) is 0 Å². The molecule has 1 nitrogen and oxygen atoms in total. The molecule has 0 radical (unpaired) electrons. The van der Waals surface area contributed by atoms with Gasteiger partial charge in [-0.15, -0.1) is 0 Å². The standard InChI is InChI=1S/C10H15N/c1-3-11-9(2)10-7-5-4-6-8-10/h4-9,11H,3H2,1-2H3/p+1/t9-/m1/s1. The second kappa shape index (κ2) is 4.14. The number of quaternary nitrogens is 1. The van der Waals surface area contributed by atoms with Gasteiger partial charge in [0.05, 0.1) is 6.54 Å². The third kappa shape index (κ3) is 2.35. The molecule has 1 aromatic carbocycles. The molecule has 60 valence electrons. The lowest BCUT2D eigenvalue weighted by Gasteiger charge is -2.08. The average molecular weight is 150 g/mol. The smallest absolute Gasteiger partial charge is 0.109 e. The van der Waals surface area contributed by atoms with Gasteiger partial charge in [0.25, 0.3) is 0 Å². The highest BCUT2D eigenvalue weighted by Gasteiger charge is 2.03. The van der Waals surface area contributed by atoms with Gasteiger partial charge in [-0.05, 0) is 13.8 Å². The molecule has 0 aliphatic carbocycles. The maximum Gasteiger partial charge on any atom is 0.109 e. The maximum atomic E-state index is 2.33. The Morgan fingerprint density at radius 1 is 1.27 bits per heavy atom. The van der Waals surface area contributed by atoms with Crippen molar-refractivity contribution in [2.75, 3.05) is 6.54 Å². The van der Waals surface area contributed by atoms with E-state index in [4.69, 9.17) is 0 Å². The van der Waals surface area contributed by atoms with E-state index in [2.05, 4.69) is 49.5 Å². The maximum absolute atomic E-state index is 2.33. The van der Waals surface area contributed by atoms with Crippen LogP contribution < -0.4 is 5.32 Å². The van der Waals surface area contributed by atoms with Crippen LogP contribution in [0.4, 0.5) is 0 Å². The second-order valence-corrected chi connectivity index (χ2v) is 2.84. The number of hydrogen-bond acceptors (Lipinski definition) is 0. The van der Waals surface area contributed by atoms with Gasteiger partial charge in [-0.1, -0.05) is 30.3 Å². The number of benzene rings is 1. The van der Waals surface area contributed by atoms with Crippen LogP contribution in [0.5, 0.6) is 0 Å². The Bertz CT molecular complexity index is 193. The van der Waals surface area contributed by atoms with Crippen molar-refractivity contribution in [3.05, 3.63) is 35.9 Å². The van der Waals surface area contributed by atoms with E-state index in [9.17, 15) is 0 Å². The molecule has 0 saturated carbocycles. The van der Waals surface area contributed by atoms with Crippen LogP contribution in [-0.2, 0) is 0 Å². The zero-order chi connectivity index (χ0) is 8.10. The molecule has 0 saturated heterocycles. The van der Waals surface area contributed by atoms with Gasteiger partial charge in [-0.3, -0.25) is 0 Å². The van der Waals surface area contributed by atoms with Crippen molar-refractivity contribution in [3.8, 4) is 0 Å². The minimum absolute atomic E-state index is 0.598. The Labute approximate surface area is 68.4 Å². The third-order valence-electron chi connectivity index (χ3n) is 1.91. The van der Waals surface area contributed by atoms with E-state index in [-0.39, 0.29) is 0 Å². The van der Waals surface area contributed by atoms with Crippen molar-refractivity contribution < 1.29 is 5.32 Å². The summed E-state index contributed by atoms with van der Waals surface area (Å²) < 4.78 is 0. The van der Waals surface area contributed by atoms with E-state index in [0.717, 1.165) is 6.54 Å². The van der Waals surface area contributed by atoms with Crippen LogP contribution in [0, 0.1) is 0 Å². The van der Waals surface area contributed by atoms with Gasteiger partial charge in [-0.2, -0.15) is 0 Å². The molecule has 11 heavy (non-hydrogen) atoms. The summed E-state index contributed by atoms with van der Waals surface area (Å²) in [7, 11) is 0. The van der Waals surface area contributed by atoms with Crippen LogP contribution in [0.25, 0.3) is 0 Å². The molecule has 1 aromatic rings.